The van der Waals surface area contributed by atoms with E-state index < -0.39 is 0 Å². The van der Waals surface area contributed by atoms with Crippen LogP contribution in [-0.4, -0.2) is 5.91 Å². The molecule has 1 N–H and O–H groups in total. The Labute approximate surface area is 160 Å². The van der Waals surface area contributed by atoms with Crippen LogP contribution < -0.4 is 5.32 Å². The fourth-order valence-electron chi connectivity index (χ4n) is 2.91. The Hall–Kier alpha value is -1.80. The van der Waals surface area contributed by atoms with Gasteiger partial charge in [-0.15, -0.1) is 11.3 Å². The van der Waals surface area contributed by atoms with E-state index in [-0.39, 0.29) is 5.91 Å². The topological polar surface area (TPSA) is 52.9 Å². The monoisotopic (exact) mass is 390 g/mol. The Morgan fingerprint density at radius 1 is 1.44 bits per heavy atom. The van der Waals surface area contributed by atoms with Crippen molar-refractivity contribution in [1.29, 1.82) is 5.26 Å². The summed E-state index contributed by atoms with van der Waals surface area (Å²) in [6.07, 6.45) is 6.01. The predicted molar refractivity (Wildman–Crippen MR) is 104 cm³/mol. The summed E-state index contributed by atoms with van der Waals surface area (Å²) < 4.78 is 0. The molecule has 1 amide bonds. The molecule has 6 heteroatoms. The van der Waals surface area contributed by atoms with Crippen molar-refractivity contribution >= 4 is 51.5 Å². The number of rotatable bonds is 3. The Balaban J connectivity index is 1.77. The van der Waals surface area contributed by atoms with Gasteiger partial charge < -0.3 is 5.32 Å². The number of nitriles is 1. The van der Waals surface area contributed by atoms with E-state index in [0.717, 1.165) is 24.8 Å². The first-order valence-electron chi connectivity index (χ1n) is 7.96. The second kappa shape index (κ2) is 7.61. The SMILES string of the molecule is CC1CCc2c(sc(NC(=O)/C=C/c3ccc(Cl)cc3Cl)c2C#N)C1. The normalized spacial score (nSPS) is 16.5. The third-order valence-electron chi connectivity index (χ3n) is 4.24. The van der Waals surface area contributed by atoms with Crippen molar-refractivity contribution in [2.45, 2.75) is 26.2 Å². The number of carbonyl (C=O) groups is 1. The maximum absolute atomic E-state index is 12.2. The highest BCUT2D eigenvalue weighted by Gasteiger charge is 2.24. The molecule has 0 aliphatic heterocycles. The van der Waals surface area contributed by atoms with Crippen molar-refractivity contribution in [2.24, 2.45) is 5.92 Å². The minimum absolute atomic E-state index is 0.283. The molecule has 3 nitrogen and oxygen atoms in total. The number of hydrogen-bond donors (Lipinski definition) is 1. The van der Waals surface area contributed by atoms with E-state index in [2.05, 4.69) is 18.3 Å². The molecular formula is C19H16Cl2N2OS. The zero-order valence-corrected chi connectivity index (χ0v) is 15.9. The third kappa shape index (κ3) is 4.07. The number of carbonyl (C=O) groups excluding carboxylic acids is 1. The summed E-state index contributed by atoms with van der Waals surface area (Å²) in [6, 6.07) is 7.34. The Morgan fingerprint density at radius 3 is 2.96 bits per heavy atom. The Morgan fingerprint density at radius 2 is 2.24 bits per heavy atom. The summed E-state index contributed by atoms with van der Waals surface area (Å²) in [5, 5.41) is 14.0. The van der Waals surface area contributed by atoms with E-state index in [0.29, 0.717) is 32.1 Å². The van der Waals surface area contributed by atoms with E-state index in [1.807, 2.05) is 0 Å². The molecule has 1 aliphatic carbocycles. The second-order valence-electron chi connectivity index (χ2n) is 6.16. The van der Waals surface area contributed by atoms with Gasteiger partial charge in [-0.1, -0.05) is 36.2 Å². The number of fused-ring (bicyclic) bond motifs is 1. The van der Waals surface area contributed by atoms with Crippen LogP contribution in [0.15, 0.2) is 24.3 Å². The Bertz CT molecular complexity index is 896. The molecule has 1 unspecified atom stereocenters. The molecule has 2 aromatic rings. The number of benzene rings is 1. The molecule has 1 atom stereocenters. The number of amides is 1. The average molecular weight is 391 g/mol. The molecule has 128 valence electrons. The van der Waals surface area contributed by atoms with Gasteiger partial charge in [-0.2, -0.15) is 5.26 Å². The van der Waals surface area contributed by atoms with Crippen LogP contribution in [0.1, 0.15) is 34.9 Å². The van der Waals surface area contributed by atoms with Gasteiger partial charge in [0.1, 0.15) is 11.1 Å². The molecule has 0 saturated carbocycles. The predicted octanol–water partition coefficient (Wildman–Crippen LogP) is 5.70. The van der Waals surface area contributed by atoms with E-state index >= 15 is 0 Å². The number of anilines is 1. The van der Waals surface area contributed by atoms with Crippen molar-refractivity contribution in [3.8, 4) is 6.07 Å². The summed E-state index contributed by atoms with van der Waals surface area (Å²) in [5.74, 6) is 0.336. The van der Waals surface area contributed by atoms with Gasteiger partial charge in [0.15, 0.2) is 0 Å². The molecule has 0 spiro atoms. The van der Waals surface area contributed by atoms with Gasteiger partial charge in [-0.3, -0.25) is 4.79 Å². The number of thiophene rings is 1. The number of hydrogen-bond acceptors (Lipinski definition) is 3. The lowest BCUT2D eigenvalue weighted by Crippen LogP contribution is -2.10. The summed E-state index contributed by atoms with van der Waals surface area (Å²) in [4.78, 5) is 13.5. The van der Waals surface area contributed by atoms with E-state index in [1.165, 1.54) is 22.3 Å². The van der Waals surface area contributed by atoms with E-state index in [9.17, 15) is 10.1 Å². The summed E-state index contributed by atoms with van der Waals surface area (Å²) >= 11 is 13.5. The van der Waals surface area contributed by atoms with Crippen molar-refractivity contribution < 1.29 is 4.79 Å². The largest absolute Gasteiger partial charge is 0.313 e. The van der Waals surface area contributed by atoms with Crippen LogP contribution in [0.3, 0.4) is 0 Å². The lowest BCUT2D eigenvalue weighted by molar-refractivity contribution is -0.111. The molecule has 25 heavy (non-hydrogen) atoms. The van der Waals surface area contributed by atoms with Crippen LogP contribution in [0.5, 0.6) is 0 Å². The fraction of sp³-hybridized carbons (Fsp3) is 0.263. The van der Waals surface area contributed by atoms with Crippen LogP contribution in [0, 0.1) is 17.2 Å². The van der Waals surface area contributed by atoms with Gasteiger partial charge in [0, 0.05) is 21.0 Å². The molecule has 0 saturated heterocycles. The first-order chi connectivity index (χ1) is 12.0. The smallest absolute Gasteiger partial charge is 0.249 e. The van der Waals surface area contributed by atoms with Crippen LogP contribution in [0.2, 0.25) is 10.0 Å². The minimum Gasteiger partial charge on any atom is -0.313 e. The lowest BCUT2D eigenvalue weighted by atomic mass is 9.89. The van der Waals surface area contributed by atoms with Gasteiger partial charge in [-0.05, 0) is 54.5 Å². The number of halogens is 2. The maximum Gasteiger partial charge on any atom is 0.249 e. The molecule has 0 fully saturated rings. The highest BCUT2D eigenvalue weighted by Crippen LogP contribution is 2.39. The third-order valence-corrected chi connectivity index (χ3v) is 5.97. The second-order valence-corrected chi connectivity index (χ2v) is 8.10. The molecule has 1 aliphatic rings. The zero-order chi connectivity index (χ0) is 18.0. The van der Waals surface area contributed by atoms with Crippen LogP contribution in [0.25, 0.3) is 6.08 Å². The first-order valence-corrected chi connectivity index (χ1v) is 9.54. The van der Waals surface area contributed by atoms with Crippen molar-refractivity contribution in [3.05, 3.63) is 55.9 Å². The van der Waals surface area contributed by atoms with Crippen molar-refractivity contribution in [3.63, 3.8) is 0 Å². The van der Waals surface area contributed by atoms with Crippen LogP contribution in [-0.2, 0) is 17.6 Å². The summed E-state index contributed by atoms with van der Waals surface area (Å²) in [6.45, 7) is 2.21. The van der Waals surface area contributed by atoms with Gasteiger partial charge in [0.2, 0.25) is 5.91 Å². The molecule has 1 aromatic carbocycles. The lowest BCUT2D eigenvalue weighted by Gasteiger charge is -2.17. The maximum atomic E-state index is 12.2. The summed E-state index contributed by atoms with van der Waals surface area (Å²) in [5.41, 5.74) is 2.42. The molecule has 1 heterocycles. The summed E-state index contributed by atoms with van der Waals surface area (Å²) in [7, 11) is 0. The number of nitrogens with zero attached hydrogens (tertiary/aromatic N) is 1. The van der Waals surface area contributed by atoms with Crippen LogP contribution in [0.4, 0.5) is 5.00 Å². The Kier molecular flexibility index (Phi) is 5.48. The highest BCUT2D eigenvalue weighted by molar-refractivity contribution is 7.16. The zero-order valence-electron chi connectivity index (χ0n) is 13.6. The van der Waals surface area contributed by atoms with E-state index in [1.54, 1.807) is 24.3 Å². The van der Waals surface area contributed by atoms with Gasteiger partial charge >= 0.3 is 0 Å². The van der Waals surface area contributed by atoms with Crippen LogP contribution >= 0.6 is 34.5 Å². The fourth-order valence-corrected chi connectivity index (χ4v) is 4.75. The molecule has 1 aromatic heterocycles. The van der Waals surface area contributed by atoms with Gasteiger partial charge in [0.05, 0.1) is 5.56 Å². The van der Waals surface area contributed by atoms with E-state index in [4.69, 9.17) is 23.2 Å². The molecule has 0 bridgehead atoms. The van der Waals surface area contributed by atoms with Gasteiger partial charge in [0.25, 0.3) is 0 Å². The standard InChI is InChI=1S/C19H16Cl2N2OS/c1-11-2-6-14-15(10-22)19(25-17(14)8-11)23-18(24)7-4-12-3-5-13(20)9-16(12)21/h3-5,7,9,11H,2,6,8H2,1H3,(H,23,24)/b7-4+. The number of nitrogens with one attached hydrogen (secondary N) is 1. The van der Waals surface area contributed by atoms with Gasteiger partial charge in [-0.25, -0.2) is 0 Å². The van der Waals surface area contributed by atoms with Crippen molar-refractivity contribution in [2.75, 3.05) is 5.32 Å². The molecule has 3 rings (SSSR count). The minimum atomic E-state index is -0.283. The molecular weight excluding hydrogens is 375 g/mol. The highest BCUT2D eigenvalue weighted by atomic mass is 35.5. The quantitative estimate of drug-likeness (QED) is 0.682. The average Bonchev–Trinajstić information content (AvgIpc) is 2.89. The van der Waals surface area contributed by atoms with Crippen molar-refractivity contribution in [1.82, 2.24) is 0 Å². The first kappa shape index (κ1) is 18.0. The molecule has 0 radical (unpaired) electrons.